The van der Waals surface area contributed by atoms with Gasteiger partial charge in [0.15, 0.2) is 0 Å². The van der Waals surface area contributed by atoms with Crippen LogP contribution in [0, 0.1) is 0 Å². The van der Waals surface area contributed by atoms with Gasteiger partial charge >= 0.3 is 0 Å². The summed E-state index contributed by atoms with van der Waals surface area (Å²) >= 11 is 0. The Bertz CT molecular complexity index is 867. The minimum Gasteiger partial charge on any atom is -0.382 e. The van der Waals surface area contributed by atoms with Crippen LogP contribution in [0.15, 0.2) is 18.2 Å². The zero-order chi connectivity index (χ0) is 19.0. The van der Waals surface area contributed by atoms with Gasteiger partial charge in [0.1, 0.15) is 0 Å². The fourth-order valence-electron chi connectivity index (χ4n) is 4.35. The fraction of sp³-hybridized carbons (Fsp3) is 0.550. The maximum absolute atomic E-state index is 12.2. The van der Waals surface area contributed by atoms with E-state index in [9.17, 15) is 9.59 Å². The number of fused-ring (bicyclic) bond motifs is 1. The lowest BCUT2D eigenvalue weighted by atomic mass is 9.91. The number of imide groups is 1. The van der Waals surface area contributed by atoms with E-state index < -0.39 is 0 Å². The van der Waals surface area contributed by atoms with Crippen LogP contribution in [0.1, 0.15) is 50.1 Å². The third kappa shape index (κ3) is 3.56. The van der Waals surface area contributed by atoms with E-state index in [0.29, 0.717) is 24.9 Å². The van der Waals surface area contributed by atoms with E-state index in [2.05, 4.69) is 33.2 Å². The Labute approximate surface area is 158 Å². The Morgan fingerprint density at radius 2 is 1.85 bits per heavy atom. The lowest BCUT2D eigenvalue weighted by Gasteiger charge is -2.29. The fourth-order valence-corrected chi connectivity index (χ4v) is 4.35. The molecule has 27 heavy (non-hydrogen) atoms. The molecule has 2 fully saturated rings. The average Bonchev–Trinajstić information content (AvgIpc) is 2.98. The molecule has 1 aliphatic heterocycles. The third-order valence-corrected chi connectivity index (χ3v) is 5.96. The lowest BCUT2D eigenvalue weighted by molar-refractivity contribution is -0.134. The second-order valence-electron chi connectivity index (χ2n) is 7.73. The number of aryl methyl sites for hydroxylation is 1. The molecule has 7 nitrogen and oxygen atoms in total. The second kappa shape index (κ2) is 7.31. The molecule has 1 saturated carbocycles. The summed E-state index contributed by atoms with van der Waals surface area (Å²) in [4.78, 5) is 23.7. The molecule has 1 aromatic carbocycles. The summed E-state index contributed by atoms with van der Waals surface area (Å²) in [6, 6.07) is 7.36. The molecule has 1 atom stereocenters. The SMILES string of the molecule is CN[C@H]1CC[C@H](Nc2ccc3c(C4CCC(=O)NC4=O)nn(C)c3c2)CC1. The molecular weight excluding hydrogens is 342 g/mol. The van der Waals surface area contributed by atoms with Gasteiger partial charge in [-0.3, -0.25) is 19.6 Å². The molecule has 1 aromatic heterocycles. The summed E-state index contributed by atoms with van der Waals surface area (Å²) in [5.74, 6) is -0.798. The van der Waals surface area contributed by atoms with E-state index in [4.69, 9.17) is 0 Å². The van der Waals surface area contributed by atoms with E-state index in [1.54, 1.807) is 0 Å². The van der Waals surface area contributed by atoms with Crippen molar-refractivity contribution in [2.45, 2.75) is 56.5 Å². The molecular formula is C20H27N5O2. The zero-order valence-electron chi connectivity index (χ0n) is 15.9. The lowest BCUT2D eigenvalue weighted by Crippen LogP contribution is -2.39. The van der Waals surface area contributed by atoms with Gasteiger partial charge in [-0.2, -0.15) is 5.10 Å². The van der Waals surface area contributed by atoms with Crippen LogP contribution in [0.4, 0.5) is 5.69 Å². The molecule has 4 rings (SSSR count). The Morgan fingerprint density at radius 3 is 2.56 bits per heavy atom. The topological polar surface area (TPSA) is 88.0 Å². The van der Waals surface area contributed by atoms with Crippen molar-refractivity contribution in [2.75, 3.05) is 12.4 Å². The zero-order valence-corrected chi connectivity index (χ0v) is 15.9. The smallest absolute Gasteiger partial charge is 0.235 e. The van der Waals surface area contributed by atoms with Crippen LogP contribution in [-0.4, -0.2) is 40.7 Å². The van der Waals surface area contributed by atoms with E-state index in [-0.39, 0.29) is 17.7 Å². The highest BCUT2D eigenvalue weighted by Crippen LogP contribution is 2.32. The number of hydrogen-bond acceptors (Lipinski definition) is 5. The molecule has 0 radical (unpaired) electrons. The first-order valence-electron chi connectivity index (χ1n) is 9.79. The number of nitrogens with one attached hydrogen (secondary N) is 3. The van der Waals surface area contributed by atoms with Gasteiger partial charge in [-0.05, 0) is 57.4 Å². The van der Waals surface area contributed by atoms with Gasteiger partial charge in [-0.15, -0.1) is 0 Å². The highest BCUT2D eigenvalue weighted by atomic mass is 16.2. The van der Waals surface area contributed by atoms with Gasteiger partial charge in [-0.1, -0.05) is 0 Å². The van der Waals surface area contributed by atoms with Crippen molar-refractivity contribution in [3.8, 4) is 0 Å². The molecule has 7 heteroatoms. The van der Waals surface area contributed by atoms with Gasteiger partial charge < -0.3 is 10.6 Å². The maximum Gasteiger partial charge on any atom is 0.235 e. The molecule has 1 saturated heterocycles. The molecule has 0 bridgehead atoms. The number of carbonyl (C=O) groups is 2. The van der Waals surface area contributed by atoms with E-state index in [1.165, 1.54) is 12.8 Å². The van der Waals surface area contributed by atoms with Crippen molar-refractivity contribution in [1.82, 2.24) is 20.4 Å². The number of hydrogen-bond donors (Lipinski definition) is 3. The van der Waals surface area contributed by atoms with E-state index in [1.807, 2.05) is 24.8 Å². The molecule has 2 aliphatic rings. The first-order valence-corrected chi connectivity index (χ1v) is 9.79. The number of aromatic nitrogens is 2. The van der Waals surface area contributed by atoms with Crippen LogP contribution >= 0.6 is 0 Å². The molecule has 2 heterocycles. The van der Waals surface area contributed by atoms with Gasteiger partial charge in [0.25, 0.3) is 0 Å². The maximum atomic E-state index is 12.2. The highest BCUT2D eigenvalue weighted by Gasteiger charge is 2.31. The van der Waals surface area contributed by atoms with E-state index >= 15 is 0 Å². The summed E-state index contributed by atoms with van der Waals surface area (Å²) in [7, 11) is 3.94. The number of rotatable bonds is 4. The van der Waals surface area contributed by atoms with Crippen LogP contribution in [0.5, 0.6) is 0 Å². The van der Waals surface area contributed by atoms with Crippen LogP contribution in [0.3, 0.4) is 0 Å². The molecule has 2 aromatic rings. The second-order valence-corrected chi connectivity index (χ2v) is 7.73. The van der Waals surface area contributed by atoms with Crippen molar-refractivity contribution in [3.05, 3.63) is 23.9 Å². The summed E-state index contributed by atoms with van der Waals surface area (Å²) in [5, 5.41) is 15.0. The van der Waals surface area contributed by atoms with Gasteiger partial charge in [0.2, 0.25) is 11.8 Å². The normalized spacial score (nSPS) is 26.2. The Kier molecular flexibility index (Phi) is 4.86. The van der Waals surface area contributed by atoms with Crippen LogP contribution in [-0.2, 0) is 16.6 Å². The van der Waals surface area contributed by atoms with Crippen LogP contribution in [0.2, 0.25) is 0 Å². The number of piperidine rings is 1. The van der Waals surface area contributed by atoms with E-state index in [0.717, 1.165) is 35.1 Å². The molecule has 2 amide bonds. The van der Waals surface area contributed by atoms with Crippen molar-refractivity contribution in [2.24, 2.45) is 7.05 Å². The predicted molar refractivity (Wildman–Crippen MR) is 105 cm³/mol. The molecule has 1 aliphatic carbocycles. The van der Waals surface area contributed by atoms with Crippen LogP contribution < -0.4 is 16.0 Å². The number of nitrogens with zero attached hydrogens (tertiary/aromatic N) is 2. The van der Waals surface area contributed by atoms with Gasteiger partial charge in [0, 0.05) is 36.6 Å². The first kappa shape index (κ1) is 18.0. The summed E-state index contributed by atoms with van der Waals surface area (Å²) < 4.78 is 1.83. The van der Waals surface area contributed by atoms with Crippen molar-refractivity contribution in [3.63, 3.8) is 0 Å². The minimum absolute atomic E-state index is 0.198. The quantitative estimate of drug-likeness (QED) is 0.718. The molecule has 144 valence electrons. The number of amides is 2. The van der Waals surface area contributed by atoms with Crippen LogP contribution in [0.25, 0.3) is 10.9 Å². The molecule has 0 spiro atoms. The minimum atomic E-state index is -0.359. The first-order chi connectivity index (χ1) is 13.0. The summed E-state index contributed by atoms with van der Waals surface area (Å²) in [5.41, 5.74) is 2.86. The summed E-state index contributed by atoms with van der Waals surface area (Å²) in [6.07, 6.45) is 5.60. The largest absolute Gasteiger partial charge is 0.382 e. The Morgan fingerprint density at radius 1 is 1.11 bits per heavy atom. The standard InChI is InChI=1S/C20H27N5O2/c1-21-12-3-5-13(6-4-12)22-14-7-8-15-17(11-14)25(2)24-19(15)16-9-10-18(26)23-20(16)27/h7-8,11-13,16,21-22H,3-6,9-10H2,1-2H3,(H,23,26,27)/t12-,13-,16?. The van der Waals surface area contributed by atoms with Crippen molar-refractivity contribution in [1.29, 1.82) is 0 Å². The summed E-state index contributed by atoms with van der Waals surface area (Å²) in [6.45, 7) is 0. The molecule has 3 N–H and O–H groups in total. The number of benzene rings is 1. The number of carbonyl (C=O) groups excluding carboxylic acids is 2. The third-order valence-electron chi connectivity index (χ3n) is 5.96. The Hall–Kier alpha value is -2.41. The monoisotopic (exact) mass is 369 g/mol. The molecule has 1 unspecified atom stereocenters. The highest BCUT2D eigenvalue weighted by molar-refractivity contribution is 6.02. The number of anilines is 1. The average molecular weight is 369 g/mol. The van der Waals surface area contributed by atoms with Crippen molar-refractivity contribution < 1.29 is 9.59 Å². The predicted octanol–water partition coefficient (Wildman–Crippen LogP) is 2.04. The Balaban J connectivity index is 1.54. The van der Waals surface area contributed by atoms with Gasteiger partial charge in [0.05, 0.1) is 17.1 Å². The van der Waals surface area contributed by atoms with Gasteiger partial charge in [-0.25, -0.2) is 0 Å². The van der Waals surface area contributed by atoms with Crippen molar-refractivity contribution >= 4 is 28.4 Å².